The van der Waals surface area contributed by atoms with E-state index in [9.17, 15) is 0 Å². The molecule has 0 bridgehead atoms. The summed E-state index contributed by atoms with van der Waals surface area (Å²) in [6, 6.07) is 0.280. The van der Waals surface area contributed by atoms with E-state index in [4.69, 9.17) is 11.6 Å². The lowest BCUT2D eigenvalue weighted by molar-refractivity contribution is 0.639. The van der Waals surface area contributed by atoms with Crippen LogP contribution < -0.4 is 5.32 Å². The van der Waals surface area contributed by atoms with Gasteiger partial charge in [-0.15, -0.1) is 0 Å². The van der Waals surface area contributed by atoms with Crippen molar-refractivity contribution in [3.8, 4) is 5.95 Å². The van der Waals surface area contributed by atoms with E-state index in [0.717, 1.165) is 19.3 Å². The van der Waals surface area contributed by atoms with Gasteiger partial charge in [0.15, 0.2) is 0 Å². The SMILES string of the molecule is CCCCC(C)Nc1nc(Cl)nc(-n2cncn2)n1. The summed E-state index contributed by atoms with van der Waals surface area (Å²) in [4.78, 5) is 16.2. The van der Waals surface area contributed by atoms with Gasteiger partial charge in [-0.2, -0.15) is 24.7 Å². The third kappa shape index (κ3) is 3.85. The van der Waals surface area contributed by atoms with Gasteiger partial charge in [-0.05, 0) is 24.9 Å². The molecule has 0 fully saturated rings. The fourth-order valence-electron chi connectivity index (χ4n) is 1.62. The maximum absolute atomic E-state index is 5.89. The summed E-state index contributed by atoms with van der Waals surface area (Å²) < 4.78 is 1.44. The van der Waals surface area contributed by atoms with E-state index < -0.39 is 0 Å². The molecule has 0 aromatic carbocycles. The quantitative estimate of drug-likeness (QED) is 0.873. The van der Waals surface area contributed by atoms with Gasteiger partial charge >= 0.3 is 0 Å². The van der Waals surface area contributed by atoms with Gasteiger partial charge in [0.2, 0.25) is 11.2 Å². The van der Waals surface area contributed by atoms with Crippen molar-refractivity contribution in [2.45, 2.75) is 39.2 Å². The van der Waals surface area contributed by atoms with E-state index in [1.54, 1.807) is 0 Å². The zero-order valence-corrected chi connectivity index (χ0v) is 11.7. The number of hydrogen-bond donors (Lipinski definition) is 1. The number of unbranched alkanes of at least 4 members (excludes halogenated alkanes) is 1. The predicted molar refractivity (Wildman–Crippen MR) is 72.4 cm³/mol. The zero-order valence-electron chi connectivity index (χ0n) is 10.9. The highest BCUT2D eigenvalue weighted by Gasteiger charge is 2.09. The lowest BCUT2D eigenvalue weighted by Crippen LogP contribution is -2.18. The molecule has 2 aromatic rings. The second-order valence-corrected chi connectivity index (χ2v) is 4.59. The largest absolute Gasteiger partial charge is 0.352 e. The van der Waals surface area contributed by atoms with Crippen molar-refractivity contribution < 1.29 is 0 Å². The van der Waals surface area contributed by atoms with Crippen LogP contribution in [0.2, 0.25) is 5.28 Å². The maximum Gasteiger partial charge on any atom is 0.258 e. The fraction of sp³-hybridized carbons (Fsp3) is 0.545. The van der Waals surface area contributed by atoms with Gasteiger partial charge < -0.3 is 5.32 Å². The van der Waals surface area contributed by atoms with E-state index in [1.165, 1.54) is 17.3 Å². The Hall–Kier alpha value is -1.76. The van der Waals surface area contributed by atoms with E-state index >= 15 is 0 Å². The standard InChI is InChI=1S/C11H16ClN7/c1-3-4-5-8(2)15-10-16-9(12)17-11(18-10)19-7-13-6-14-19/h6-8H,3-5H2,1-2H3,(H,15,16,17,18). The lowest BCUT2D eigenvalue weighted by Gasteiger charge is -2.13. The van der Waals surface area contributed by atoms with E-state index in [-0.39, 0.29) is 11.3 Å². The molecule has 0 aliphatic rings. The maximum atomic E-state index is 5.89. The Morgan fingerprint density at radius 3 is 2.89 bits per heavy atom. The molecule has 2 rings (SSSR count). The number of rotatable bonds is 6. The smallest absolute Gasteiger partial charge is 0.258 e. The van der Waals surface area contributed by atoms with Gasteiger partial charge in [-0.1, -0.05) is 19.8 Å². The van der Waals surface area contributed by atoms with Crippen LogP contribution in [0.3, 0.4) is 0 Å². The van der Waals surface area contributed by atoms with Gasteiger partial charge in [0.1, 0.15) is 12.7 Å². The summed E-state index contributed by atoms with van der Waals surface area (Å²) in [7, 11) is 0. The second kappa shape index (κ2) is 6.42. The number of nitrogens with one attached hydrogen (secondary N) is 1. The molecular weight excluding hydrogens is 266 g/mol. The van der Waals surface area contributed by atoms with Crippen molar-refractivity contribution in [3.05, 3.63) is 17.9 Å². The summed E-state index contributed by atoms with van der Waals surface area (Å²) >= 11 is 5.89. The van der Waals surface area contributed by atoms with Crippen LogP contribution in [-0.2, 0) is 0 Å². The summed E-state index contributed by atoms with van der Waals surface area (Å²) in [5, 5.41) is 7.31. The molecule has 102 valence electrons. The third-order valence-corrected chi connectivity index (χ3v) is 2.76. The summed E-state index contributed by atoms with van der Waals surface area (Å²) in [5.41, 5.74) is 0. The number of hydrogen-bond acceptors (Lipinski definition) is 6. The Kier molecular flexibility index (Phi) is 4.62. The molecule has 1 atom stereocenters. The number of halogens is 1. The Bertz CT molecular complexity index is 514. The molecule has 0 amide bonds. The van der Waals surface area contributed by atoms with Crippen molar-refractivity contribution in [1.29, 1.82) is 0 Å². The Morgan fingerprint density at radius 2 is 2.21 bits per heavy atom. The highest BCUT2D eigenvalue weighted by molar-refractivity contribution is 6.28. The van der Waals surface area contributed by atoms with Gasteiger partial charge in [0.05, 0.1) is 0 Å². The first-order valence-corrected chi connectivity index (χ1v) is 6.60. The van der Waals surface area contributed by atoms with Gasteiger partial charge in [0.25, 0.3) is 5.95 Å². The molecule has 19 heavy (non-hydrogen) atoms. The first-order chi connectivity index (χ1) is 9.19. The molecule has 0 saturated carbocycles. The minimum Gasteiger partial charge on any atom is -0.352 e. The molecule has 0 aliphatic heterocycles. The molecule has 2 aromatic heterocycles. The van der Waals surface area contributed by atoms with Crippen LogP contribution in [-0.4, -0.2) is 35.8 Å². The molecule has 8 heteroatoms. The first kappa shape index (κ1) is 13.7. The van der Waals surface area contributed by atoms with Crippen LogP contribution in [0.15, 0.2) is 12.7 Å². The van der Waals surface area contributed by atoms with Crippen molar-refractivity contribution in [1.82, 2.24) is 29.7 Å². The van der Waals surface area contributed by atoms with Crippen molar-refractivity contribution in [2.24, 2.45) is 0 Å². The summed E-state index contributed by atoms with van der Waals surface area (Å²) in [6.07, 6.45) is 6.29. The normalized spacial score (nSPS) is 12.4. The van der Waals surface area contributed by atoms with Crippen LogP contribution in [0.25, 0.3) is 5.95 Å². The van der Waals surface area contributed by atoms with Crippen molar-refractivity contribution >= 4 is 17.5 Å². The first-order valence-electron chi connectivity index (χ1n) is 6.22. The molecule has 0 aliphatic carbocycles. The van der Waals surface area contributed by atoms with Crippen LogP contribution in [0.1, 0.15) is 33.1 Å². The zero-order chi connectivity index (χ0) is 13.7. The summed E-state index contributed by atoms with van der Waals surface area (Å²) in [6.45, 7) is 4.25. The number of anilines is 1. The topological polar surface area (TPSA) is 81.4 Å². The average Bonchev–Trinajstić information content (AvgIpc) is 2.89. The molecule has 0 spiro atoms. The monoisotopic (exact) mass is 281 g/mol. The van der Waals surface area contributed by atoms with Crippen LogP contribution in [0.4, 0.5) is 5.95 Å². The van der Waals surface area contributed by atoms with Crippen LogP contribution in [0.5, 0.6) is 0 Å². The predicted octanol–water partition coefficient (Wildman–Crippen LogP) is 2.10. The number of nitrogens with zero attached hydrogens (tertiary/aromatic N) is 6. The van der Waals surface area contributed by atoms with Crippen molar-refractivity contribution in [2.75, 3.05) is 5.32 Å². The highest BCUT2D eigenvalue weighted by atomic mass is 35.5. The summed E-state index contributed by atoms with van der Waals surface area (Å²) in [5.74, 6) is 0.803. The van der Waals surface area contributed by atoms with Crippen LogP contribution >= 0.6 is 11.6 Å². The van der Waals surface area contributed by atoms with Gasteiger partial charge in [-0.25, -0.2) is 4.98 Å². The molecule has 2 heterocycles. The Labute approximate surface area is 116 Å². The molecule has 0 saturated heterocycles. The highest BCUT2D eigenvalue weighted by Crippen LogP contribution is 2.11. The molecular formula is C11H16ClN7. The second-order valence-electron chi connectivity index (χ2n) is 4.26. The van der Waals surface area contributed by atoms with Crippen LogP contribution in [0, 0.1) is 0 Å². The molecule has 1 unspecified atom stereocenters. The Morgan fingerprint density at radius 1 is 1.37 bits per heavy atom. The van der Waals surface area contributed by atoms with E-state index in [2.05, 4.69) is 44.2 Å². The number of aromatic nitrogens is 6. The van der Waals surface area contributed by atoms with Crippen molar-refractivity contribution in [3.63, 3.8) is 0 Å². The van der Waals surface area contributed by atoms with E-state index in [1.807, 2.05) is 0 Å². The Balaban J connectivity index is 2.13. The fourth-order valence-corrected chi connectivity index (χ4v) is 1.78. The van der Waals surface area contributed by atoms with Gasteiger partial charge in [-0.3, -0.25) is 0 Å². The third-order valence-electron chi connectivity index (χ3n) is 2.59. The molecule has 0 radical (unpaired) electrons. The van der Waals surface area contributed by atoms with E-state index in [0.29, 0.717) is 11.9 Å². The molecule has 7 nitrogen and oxygen atoms in total. The van der Waals surface area contributed by atoms with Gasteiger partial charge in [0, 0.05) is 6.04 Å². The molecule has 1 N–H and O–H groups in total. The average molecular weight is 282 g/mol. The lowest BCUT2D eigenvalue weighted by atomic mass is 10.1. The minimum absolute atomic E-state index is 0.130. The minimum atomic E-state index is 0.130.